The molecule has 1 aliphatic heterocycles. The number of halogens is 1. The maximum Gasteiger partial charge on any atom is 0.228 e. The van der Waals surface area contributed by atoms with Crippen molar-refractivity contribution in [2.24, 2.45) is 5.41 Å². The highest BCUT2D eigenvalue weighted by molar-refractivity contribution is 6.32. The molecule has 1 aliphatic rings. The molecular weight excluding hydrogens is 328 g/mol. The predicted molar refractivity (Wildman–Crippen MR) is 95.6 cm³/mol. The minimum Gasteiger partial charge on any atom is -0.487 e. The van der Waals surface area contributed by atoms with Gasteiger partial charge < -0.3 is 20.1 Å². The normalized spacial score (nSPS) is 18.0. The molecule has 1 saturated heterocycles. The van der Waals surface area contributed by atoms with Crippen LogP contribution in [-0.2, 0) is 9.53 Å². The highest BCUT2D eigenvalue weighted by atomic mass is 35.5. The summed E-state index contributed by atoms with van der Waals surface area (Å²) >= 11 is 6.14. The number of para-hydroxylation sites is 1. The third-order valence-corrected chi connectivity index (χ3v) is 4.85. The van der Waals surface area contributed by atoms with Gasteiger partial charge >= 0.3 is 0 Å². The third kappa shape index (κ3) is 4.85. The summed E-state index contributed by atoms with van der Waals surface area (Å²) in [7, 11) is 1.65. The number of nitrogens with one attached hydrogen (secondary N) is 2. The molecule has 2 N–H and O–H groups in total. The monoisotopic (exact) mass is 354 g/mol. The Bertz CT molecular complexity index is 527. The minimum atomic E-state index is -0.442. The number of rotatable bonds is 8. The van der Waals surface area contributed by atoms with E-state index in [2.05, 4.69) is 10.6 Å². The van der Waals surface area contributed by atoms with E-state index in [1.54, 1.807) is 13.2 Å². The molecule has 2 rings (SSSR count). The zero-order valence-electron chi connectivity index (χ0n) is 14.4. The van der Waals surface area contributed by atoms with Crippen molar-refractivity contribution in [3.05, 3.63) is 29.3 Å². The van der Waals surface area contributed by atoms with Gasteiger partial charge in [-0.25, -0.2) is 0 Å². The zero-order chi connectivity index (χ0) is 17.4. The summed E-state index contributed by atoms with van der Waals surface area (Å²) in [5.41, 5.74) is -0.442. The van der Waals surface area contributed by atoms with Gasteiger partial charge in [-0.3, -0.25) is 4.79 Å². The number of carbonyl (C=O) groups excluding carboxylic acids is 1. The van der Waals surface area contributed by atoms with Crippen LogP contribution in [0.3, 0.4) is 0 Å². The van der Waals surface area contributed by atoms with Crippen LogP contribution in [0, 0.1) is 5.41 Å². The van der Waals surface area contributed by atoms with Gasteiger partial charge in [-0.2, -0.15) is 0 Å². The highest BCUT2D eigenvalue weighted by Gasteiger charge is 2.39. The number of hydrogen-bond acceptors (Lipinski definition) is 4. The van der Waals surface area contributed by atoms with E-state index in [4.69, 9.17) is 21.1 Å². The van der Waals surface area contributed by atoms with E-state index in [0.29, 0.717) is 23.9 Å². The highest BCUT2D eigenvalue weighted by Crippen LogP contribution is 2.29. The van der Waals surface area contributed by atoms with Crippen LogP contribution in [-0.4, -0.2) is 45.4 Å². The Balaban J connectivity index is 1.93. The topological polar surface area (TPSA) is 59.6 Å². The quantitative estimate of drug-likeness (QED) is 0.753. The van der Waals surface area contributed by atoms with Crippen molar-refractivity contribution in [3.8, 4) is 5.75 Å². The van der Waals surface area contributed by atoms with Crippen LogP contribution in [0.25, 0.3) is 0 Å². The first kappa shape index (κ1) is 19.0. The maximum atomic E-state index is 12.7. The van der Waals surface area contributed by atoms with Gasteiger partial charge in [-0.15, -0.1) is 0 Å². The summed E-state index contributed by atoms with van der Waals surface area (Å²) < 4.78 is 11.2. The number of piperidine rings is 1. The first-order valence-electron chi connectivity index (χ1n) is 8.50. The summed E-state index contributed by atoms with van der Waals surface area (Å²) in [5, 5.41) is 6.93. The lowest BCUT2D eigenvalue weighted by Crippen LogP contribution is -2.51. The van der Waals surface area contributed by atoms with E-state index in [-0.39, 0.29) is 12.0 Å². The number of benzene rings is 1. The summed E-state index contributed by atoms with van der Waals surface area (Å²) in [5.74, 6) is 0.695. The second kappa shape index (κ2) is 9.25. The Morgan fingerprint density at radius 3 is 2.71 bits per heavy atom. The molecule has 0 saturated carbocycles. The van der Waals surface area contributed by atoms with Crippen LogP contribution in [0.5, 0.6) is 5.75 Å². The van der Waals surface area contributed by atoms with Crippen molar-refractivity contribution in [2.75, 3.05) is 33.4 Å². The molecule has 0 radical (unpaired) electrons. The number of carbonyl (C=O) groups is 1. The van der Waals surface area contributed by atoms with Gasteiger partial charge in [0.25, 0.3) is 0 Å². The molecule has 1 fully saturated rings. The Labute approximate surface area is 149 Å². The number of ether oxygens (including phenoxy) is 2. The molecule has 1 heterocycles. The molecule has 1 aromatic rings. The molecule has 1 unspecified atom stereocenters. The fraction of sp³-hybridized carbons (Fsp3) is 0.611. The molecule has 5 nitrogen and oxygen atoms in total. The third-order valence-electron chi connectivity index (χ3n) is 4.54. The lowest BCUT2D eigenvalue weighted by molar-refractivity contribution is -0.136. The fourth-order valence-electron chi connectivity index (χ4n) is 3.00. The second-order valence-electron chi connectivity index (χ2n) is 6.25. The molecule has 1 amide bonds. The number of hydrogen-bond donors (Lipinski definition) is 2. The molecule has 0 bridgehead atoms. The van der Waals surface area contributed by atoms with Gasteiger partial charge in [-0.05, 0) is 44.5 Å². The Morgan fingerprint density at radius 1 is 1.38 bits per heavy atom. The first-order valence-corrected chi connectivity index (χ1v) is 8.88. The predicted octanol–water partition coefficient (Wildman–Crippen LogP) is 2.63. The number of amides is 1. The molecular formula is C18H27ClN2O3. The number of methoxy groups -OCH3 is 1. The van der Waals surface area contributed by atoms with Crippen LogP contribution >= 0.6 is 11.6 Å². The van der Waals surface area contributed by atoms with Gasteiger partial charge in [0, 0.05) is 7.11 Å². The standard InChI is InChI=1S/C18H27ClN2O3/c1-3-14(24-16-7-5-4-6-15(16)19)12-21-17(22)18(13-23-2)8-10-20-11-9-18/h4-7,14,20H,3,8-13H2,1-2H3,(H,21,22). The Hall–Kier alpha value is -1.30. The van der Waals surface area contributed by atoms with Crippen molar-refractivity contribution in [1.29, 1.82) is 0 Å². The van der Waals surface area contributed by atoms with Crippen molar-refractivity contribution in [1.82, 2.24) is 10.6 Å². The largest absolute Gasteiger partial charge is 0.487 e. The summed E-state index contributed by atoms with van der Waals surface area (Å²) in [6.45, 7) is 4.61. The lowest BCUT2D eigenvalue weighted by atomic mass is 9.78. The Kier molecular flexibility index (Phi) is 7.34. The summed E-state index contributed by atoms with van der Waals surface area (Å²) in [6.07, 6.45) is 2.24. The molecule has 0 spiro atoms. The molecule has 134 valence electrons. The van der Waals surface area contributed by atoms with Crippen LogP contribution < -0.4 is 15.4 Å². The van der Waals surface area contributed by atoms with E-state index < -0.39 is 5.41 Å². The lowest BCUT2D eigenvalue weighted by Gasteiger charge is -2.36. The fourth-order valence-corrected chi connectivity index (χ4v) is 3.18. The average Bonchev–Trinajstić information content (AvgIpc) is 2.61. The van der Waals surface area contributed by atoms with Gasteiger partial charge in [0.15, 0.2) is 0 Å². The van der Waals surface area contributed by atoms with Crippen LogP contribution in [0.15, 0.2) is 24.3 Å². The van der Waals surface area contributed by atoms with E-state index >= 15 is 0 Å². The molecule has 24 heavy (non-hydrogen) atoms. The van der Waals surface area contributed by atoms with Gasteiger partial charge in [-0.1, -0.05) is 30.7 Å². The molecule has 6 heteroatoms. The van der Waals surface area contributed by atoms with Gasteiger partial charge in [0.1, 0.15) is 11.9 Å². The van der Waals surface area contributed by atoms with E-state index in [9.17, 15) is 4.79 Å². The van der Waals surface area contributed by atoms with Crippen molar-refractivity contribution < 1.29 is 14.3 Å². The van der Waals surface area contributed by atoms with Crippen molar-refractivity contribution >= 4 is 17.5 Å². The molecule has 0 aromatic heterocycles. The van der Waals surface area contributed by atoms with Crippen LogP contribution in [0.1, 0.15) is 26.2 Å². The Morgan fingerprint density at radius 2 is 2.08 bits per heavy atom. The average molecular weight is 355 g/mol. The van der Waals surface area contributed by atoms with E-state index in [1.807, 2.05) is 25.1 Å². The summed E-state index contributed by atoms with van der Waals surface area (Å²) in [6, 6.07) is 7.38. The second-order valence-corrected chi connectivity index (χ2v) is 6.66. The first-order chi connectivity index (χ1) is 11.6. The van der Waals surface area contributed by atoms with Crippen LogP contribution in [0.4, 0.5) is 0 Å². The van der Waals surface area contributed by atoms with E-state index in [0.717, 1.165) is 32.4 Å². The van der Waals surface area contributed by atoms with Gasteiger partial charge in [0.2, 0.25) is 5.91 Å². The maximum absolute atomic E-state index is 12.7. The van der Waals surface area contributed by atoms with E-state index in [1.165, 1.54) is 0 Å². The molecule has 0 aliphatic carbocycles. The smallest absolute Gasteiger partial charge is 0.228 e. The SMILES string of the molecule is CCC(CNC(=O)C1(COC)CCNCC1)Oc1ccccc1Cl. The molecule has 1 aromatic carbocycles. The van der Waals surface area contributed by atoms with Crippen molar-refractivity contribution in [3.63, 3.8) is 0 Å². The zero-order valence-corrected chi connectivity index (χ0v) is 15.2. The van der Waals surface area contributed by atoms with Gasteiger partial charge in [0.05, 0.1) is 23.6 Å². The molecule has 1 atom stereocenters. The van der Waals surface area contributed by atoms with Crippen LogP contribution in [0.2, 0.25) is 5.02 Å². The summed E-state index contributed by atoms with van der Waals surface area (Å²) in [4.78, 5) is 12.7. The minimum absolute atomic E-state index is 0.0482. The van der Waals surface area contributed by atoms with Crippen molar-refractivity contribution in [2.45, 2.75) is 32.3 Å².